The maximum absolute atomic E-state index is 13.0. The minimum absolute atomic E-state index is 0.120. The summed E-state index contributed by atoms with van der Waals surface area (Å²) in [4.78, 5) is 40.7. The van der Waals surface area contributed by atoms with Gasteiger partial charge in [-0.15, -0.1) is 0 Å². The van der Waals surface area contributed by atoms with Crippen molar-refractivity contribution in [2.45, 2.75) is 33.1 Å². The number of hydrogen-bond donors (Lipinski definition) is 2. The fourth-order valence-electron chi connectivity index (χ4n) is 5.40. The molecule has 2 aromatic carbocycles. The van der Waals surface area contributed by atoms with Crippen molar-refractivity contribution in [2.75, 3.05) is 22.1 Å². The number of thiazole rings is 1. The molecule has 0 bridgehead atoms. The zero-order valence-corrected chi connectivity index (χ0v) is 26.9. The maximum atomic E-state index is 13.0. The van der Waals surface area contributed by atoms with Gasteiger partial charge in [0.25, 0.3) is 0 Å². The van der Waals surface area contributed by atoms with Gasteiger partial charge < -0.3 is 10.1 Å². The van der Waals surface area contributed by atoms with E-state index in [0.29, 0.717) is 36.1 Å². The monoisotopic (exact) mass is 648 g/mol. The fraction of sp³-hybridized carbons (Fsp3) is 0.242. The number of urea groups is 1. The lowest BCUT2D eigenvalue weighted by Gasteiger charge is -2.10. The molecule has 7 rings (SSSR count). The van der Waals surface area contributed by atoms with Crippen LogP contribution in [0, 0.1) is 5.92 Å². The van der Waals surface area contributed by atoms with Crippen LogP contribution in [-0.2, 0) is 18.3 Å². The quantitative estimate of drug-likeness (QED) is 0.182. The van der Waals surface area contributed by atoms with Gasteiger partial charge in [0.15, 0.2) is 5.13 Å². The summed E-state index contributed by atoms with van der Waals surface area (Å²) in [7, 11) is 1.90. The van der Waals surface area contributed by atoms with Gasteiger partial charge in [0.05, 0.1) is 46.1 Å². The number of nitrogens with one attached hydrogen (secondary N) is 2. The topological polar surface area (TPSA) is 145 Å². The van der Waals surface area contributed by atoms with E-state index in [1.165, 1.54) is 23.7 Å². The molecule has 6 aromatic rings. The van der Waals surface area contributed by atoms with Crippen LogP contribution in [0.25, 0.3) is 27.0 Å². The number of amides is 3. The third kappa shape index (κ3) is 6.53. The Morgan fingerprint density at radius 2 is 1.81 bits per heavy atom. The van der Waals surface area contributed by atoms with Crippen LogP contribution in [0.5, 0.6) is 11.8 Å². The van der Waals surface area contributed by atoms with Crippen LogP contribution in [0.2, 0.25) is 0 Å². The largest absolute Gasteiger partial charge is 0.424 e. The van der Waals surface area contributed by atoms with Crippen molar-refractivity contribution in [1.29, 1.82) is 0 Å². The molecule has 0 aliphatic carbocycles. The summed E-state index contributed by atoms with van der Waals surface area (Å²) in [6, 6.07) is 15.0. The van der Waals surface area contributed by atoms with Gasteiger partial charge in [-0.2, -0.15) is 10.2 Å². The molecule has 1 aliphatic heterocycles. The van der Waals surface area contributed by atoms with Gasteiger partial charge in [0, 0.05) is 37.7 Å². The highest BCUT2D eigenvalue weighted by atomic mass is 32.1. The Morgan fingerprint density at radius 3 is 2.55 bits per heavy atom. The van der Waals surface area contributed by atoms with Crippen molar-refractivity contribution >= 4 is 50.8 Å². The van der Waals surface area contributed by atoms with Crippen LogP contribution in [0.15, 0.2) is 73.3 Å². The number of benzene rings is 2. The van der Waals surface area contributed by atoms with Crippen molar-refractivity contribution in [3.63, 3.8) is 0 Å². The average molecular weight is 649 g/mol. The van der Waals surface area contributed by atoms with Crippen molar-refractivity contribution in [3.05, 3.63) is 79.0 Å². The van der Waals surface area contributed by atoms with Gasteiger partial charge >= 0.3 is 12.0 Å². The van der Waals surface area contributed by atoms with Crippen LogP contribution >= 0.6 is 11.3 Å². The Morgan fingerprint density at radius 1 is 1.00 bits per heavy atom. The number of fused-ring (bicyclic) bond motifs is 1. The van der Waals surface area contributed by atoms with Crippen molar-refractivity contribution in [1.82, 2.24) is 34.5 Å². The average Bonchev–Trinajstić information content (AvgIpc) is 3.86. The number of carbonyl (C=O) groups excluding carboxylic acids is 2. The molecule has 0 radical (unpaired) electrons. The van der Waals surface area contributed by atoms with E-state index in [4.69, 9.17) is 9.84 Å². The lowest BCUT2D eigenvalue weighted by Crippen LogP contribution is -2.23. The first kappa shape index (κ1) is 30.0. The van der Waals surface area contributed by atoms with Gasteiger partial charge in [-0.3, -0.25) is 19.7 Å². The molecule has 0 unspecified atom stereocenters. The third-order valence-electron chi connectivity index (χ3n) is 7.63. The maximum Gasteiger partial charge on any atom is 0.324 e. The number of ether oxygens (including phenoxy) is 1. The van der Waals surface area contributed by atoms with E-state index >= 15 is 0 Å². The Bertz CT molecular complexity index is 2060. The van der Waals surface area contributed by atoms with E-state index in [-0.39, 0.29) is 11.9 Å². The van der Waals surface area contributed by atoms with Gasteiger partial charge in [-0.05, 0) is 66.8 Å². The first-order valence-electron chi connectivity index (χ1n) is 15.2. The second kappa shape index (κ2) is 12.6. The highest BCUT2D eigenvalue weighted by Gasteiger charge is 2.24. The van der Waals surface area contributed by atoms with E-state index < -0.39 is 6.03 Å². The second-order valence-corrected chi connectivity index (χ2v) is 12.7. The second-order valence-electron chi connectivity index (χ2n) is 11.7. The molecule has 14 heteroatoms. The fourth-order valence-corrected chi connectivity index (χ4v) is 6.36. The first-order valence-corrected chi connectivity index (χ1v) is 16.1. The van der Waals surface area contributed by atoms with Crippen molar-refractivity contribution in [3.8, 4) is 27.9 Å². The molecule has 3 amide bonds. The summed E-state index contributed by atoms with van der Waals surface area (Å²) >= 11 is 1.49. The van der Waals surface area contributed by atoms with Crippen LogP contribution in [-0.4, -0.2) is 53.0 Å². The molecule has 0 atom stereocenters. The number of anilines is 3. The number of rotatable bonds is 9. The van der Waals surface area contributed by atoms with Crippen LogP contribution < -0.4 is 20.3 Å². The third-order valence-corrected chi connectivity index (χ3v) is 8.69. The van der Waals surface area contributed by atoms with Gasteiger partial charge in [-0.1, -0.05) is 25.2 Å². The normalized spacial score (nSPS) is 13.1. The first-order chi connectivity index (χ1) is 22.8. The lowest BCUT2D eigenvalue weighted by atomic mass is 10.1. The van der Waals surface area contributed by atoms with Gasteiger partial charge in [-0.25, -0.2) is 24.4 Å². The molecular weight excluding hydrogens is 616 g/mol. The lowest BCUT2D eigenvalue weighted by molar-refractivity contribution is -0.117. The van der Waals surface area contributed by atoms with E-state index in [9.17, 15) is 9.59 Å². The number of hydrogen-bond acceptors (Lipinski definition) is 9. The minimum atomic E-state index is -0.460. The summed E-state index contributed by atoms with van der Waals surface area (Å²) in [6.45, 7) is 4.97. The van der Waals surface area contributed by atoms with E-state index in [1.54, 1.807) is 22.0 Å². The Balaban J connectivity index is 0.993. The predicted molar refractivity (Wildman–Crippen MR) is 180 cm³/mol. The van der Waals surface area contributed by atoms with E-state index in [1.807, 2.05) is 60.3 Å². The molecule has 13 nitrogen and oxygen atoms in total. The van der Waals surface area contributed by atoms with Crippen molar-refractivity contribution < 1.29 is 14.3 Å². The predicted octanol–water partition coefficient (Wildman–Crippen LogP) is 6.43. The summed E-state index contributed by atoms with van der Waals surface area (Å²) in [5, 5.41) is 16.5. The van der Waals surface area contributed by atoms with Crippen LogP contribution in [0.3, 0.4) is 0 Å². The molecule has 1 saturated heterocycles. The summed E-state index contributed by atoms with van der Waals surface area (Å²) in [6.07, 6.45) is 8.75. The Kier molecular flexibility index (Phi) is 8.08. The molecule has 1 aliphatic rings. The standard InChI is InChI=1S/C33H32N10O3S/c1-20(2)13-23-15-29(43(40-23)25-8-11-27-22(14-25)16-37-41(27)3)39-31(45)38-24-17-34-32(35-18-24)46-26-9-6-21(7-10-26)28-19-36-33(47-28)42-12-4-5-30(42)44/h6-11,14-20H,4-5,12-13H2,1-3H3,(H2,38,39,45). The smallest absolute Gasteiger partial charge is 0.324 e. The number of nitrogens with zero attached hydrogens (tertiary/aromatic N) is 8. The van der Waals surface area contributed by atoms with Crippen LogP contribution in [0.1, 0.15) is 32.4 Å². The molecule has 238 valence electrons. The molecule has 5 heterocycles. The van der Waals surface area contributed by atoms with E-state index in [2.05, 4.69) is 44.5 Å². The minimum Gasteiger partial charge on any atom is -0.424 e. The highest BCUT2D eigenvalue weighted by molar-refractivity contribution is 7.19. The van der Waals surface area contributed by atoms with E-state index in [0.717, 1.165) is 50.7 Å². The molecule has 4 aromatic heterocycles. The molecular formula is C33H32N10O3S. The SMILES string of the molecule is CC(C)Cc1cc(NC(=O)Nc2cnc(Oc3ccc(-c4cnc(N5CCCC5=O)s4)cc3)nc2)n(-c2ccc3c(cnn3C)c2)n1. The summed E-state index contributed by atoms with van der Waals surface area (Å²) < 4.78 is 9.36. The highest BCUT2D eigenvalue weighted by Crippen LogP contribution is 2.34. The van der Waals surface area contributed by atoms with Crippen LogP contribution in [0.4, 0.5) is 21.4 Å². The molecule has 47 heavy (non-hydrogen) atoms. The molecule has 1 fully saturated rings. The molecule has 0 saturated carbocycles. The summed E-state index contributed by atoms with van der Waals surface area (Å²) in [5.74, 6) is 1.61. The molecule has 0 spiro atoms. The Hall–Kier alpha value is -5.63. The zero-order valence-electron chi connectivity index (χ0n) is 26.0. The van der Waals surface area contributed by atoms with Gasteiger partial charge in [0.1, 0.15) is 11.6 Å². The summed E-state index contributed by atoms with van der Waals surface area (Å²) in [5.41, 5.74) is 4.04. The zero-order chi connectivity index (χ0) is 32.5. The number of aromatic nitrogens is 7. The number of aryl methyl sites for hydroxylation is 1. The Labute approximate surface area is 274 Å². The van der Waals surface area contributed by atoms with Crippen molar-refractivity contribution in [2.24, 2.45) is 13.0 Å². The molecule has 2 N–H and O–H groups in total. The van der Waals surface area contributed by atoms with Gasteiger partial charge in [0.2, 0.25) is 5.91 Å². The number of carbonyl (C=O) groups is 2.